The lowest BCUT2D eigenvalue weighted by Crippen LogP contribution is -2.24. The summed E-state index contributed by atoms with van der Waals surface area (Å²) < 4.78 is 15.2. The summed E-state index contributed by atoms with van der Waals surface area (Å²) in [6.07, 6.45) is 6.36. The molecule has 0 radical (unpaired) electrons. The molecule has 0 spiro atoms. The summed E-state index contributed by atoms with van der Waals surface area (Å²) in [7, 11) is 0. The van der Waals surface area contributed by atoms with E-state index < -0.39 is 11.9 Å². The molecule has 2 saturated heterocycles. The van der Waals surface area contributed by atoms with Crippen LogP contribution in [0.5, 0.6) is 0 Å². The minimum absolute atomic E-state index is 0.185. The quantitative estimate of drug-likeness (QED) is 0.634. The van der Waals surface area contributed by atoms with Crippen molar-refractivity contribution >= 4 is 11.9 Å². The van der Waals surface area contributed by atoms with Crippen molar-refractivity contribution in [2.75, 3.05) is 13.2 Å². The van der Waals surface area contributed by atoms with Crippen LogP contribution < -0.4 is 0 Å². The number of hydrogen-bond acceptors (Lipinski definition) is 5. The second-order valence-corrected chi connectivity index (χ2v) is 5.12. The number of carbonyl (C=O) groups is 2. The zero-order valence-electron chi connectivity index (χ0n) is 12.8. The van der Waals surface area contributed by atoms with Crippen LogP contribution in [0.15, 0.2) is 24.8 Å². The zero-order chi connectivity index (χ0) is 16.4. The number of aliphatic carboxylic acids is 1. The molecule has 2 fully saturated rings. The van der Waals surface area contributed by atoms with Crippen molar-refractivity contribution in [1.82, 2.24) is 0 Å². The standard InChI is InChI=1S/2C8H12O3/c1-6(8(9)10)7-4-2-3-5-11-7;1-2-7(9)11-8-5-3-4-6-10-8/h7H,1-5H2,(H,9,10);2,8H,1,3-6H2. The molecular formula is C16H24O6. The lowest BCUT2D eigenvalue weighted by molar-refractivity contribution is -0.181. The molecule has 2 unspecified atom stereocenters. The van der Waals surface area contributed by atoms with Gasteiger partial charge in [0.1, 0.15) is 0 Å². The molecule has 1 N–H and O–H groups in total. The van der Waals surface area contributed by atoms with Gasteiger partial charge in [0.15, 0.2) is 0 Å². The second-order valence-electron chi connectivity index (χ2n) is 5.12. The van der Waals surface area contributed by atoms with E-state index in [4.69, 9.17) is 19.3 Å². The van der Waals surface area contributed by atoms with Gasteiger partial charge < -0.3 is 19.3 Å². The topological polar surface area (TPSA) is 82.1 Å². The normalized spacial score (nSPS) is 24.4. The van der Waals surface area contributed by atoms with E-state index in [1.807, 2.05) is 0 Å². The molecule has 2 rings (SSSR count). The monoisotopic (exact) mass is 312 g/mol. The Morgan fingerprint density at radius 2 is 1.73 bits per heavy atom. The molecule has 0 aromatic heterocycles. The minimum atomic E-state index is -0.947. The van der Waals surface area contributed by atoms with Crippen molar-refractivity contribution in [1.29, 1.82) is 0 Å². The van der Waals surface area contributed by atoms with Gasteiger partial charge in [-0.3, -0.25) is 0 Å². The SMILES string of the molecule is C=C(C(=O)O)C1CCCCO1.C=CC(=O)OC1CCCCO1. The third-order valence-electron chi connectivity index (χ3n) is 3.40. The Bertz CT molecular complexity index is 389. The average molecular weight is 312 g/mol. The first-order valence-corrected chi connectivity index (χ1v) is 7.53. The number of hydrogen-bond donors (Lipinski definition) is 1. The highest BCUT2D eigenvalue weighted by Gasteiger charge is 2.21. The van der Waals surface area contributed by atoms with Gasteiger partial charge in [-0.1, -0.05) is 13.2 Å². The van der Waals surface area contributed by atoms with Gasteiger partial charge in [0, 0.05) is 19.1 Å². The Kier molecular flexibility index (Phi) is 8.47. The molecule has 6 nitrogen and oxygen atoms in total. The summed E-state index contributed by atoms with van der Waals surface area (Å²) in [6, 6.07) is 0. The summed E-state index contributed by atoms with van der Waals surface area (Å²) in [5.41, 5.74) is 0.185. The molecular weight excluding hydrogens is 288 g/mol. The summed E-state index contributed by atoms with van der Waals surface area (Å²) in [5.74, 6) is -1.35. The van der Waals surface area contributed by atoms with Gasteiger partial charge in [-0.15, -0.1) is 0 Å². The maximum Gasteiger partial charge on any atom is 0.333 e. The van der Waals surface area contributed by atoms with E-state index in [1.54, 1.807) is 0 Å². The van der Waals surface area contributed by atoms with Crippen molar-refractivity contribution < 1.29 is 28.9 Å². The fraction of sp³-hybridized carbons (Fsp3) is 0.625. The highest BCUT2D eigenvalue weighted by atomic mass is 16.7. The highest BCUT2D eigenvalue weighted by Crippen LogP contribution is 2.18. The Balaban J connectivity index is 0.000000220. The fourth-order valence-electron chi connectivity index (χ4n) is 2.14. The molecule has 0 amide bonds. The maximum atomic E-state index is 10.7. The van der Waals surface area contributed by atoms with Crippen LogP contribution in [-0.2, 0) is 23.8 Å². The third-order valence-corrected chi connectivity index (χ3v) is 3.40. The summed E-state index contributed by atoms with van der Waals surface area (Å²) in [5, 5.41) is 8.55. The molecule has 0 aromatic carbocycles. The van der Waals surface area contributed by atoms with Crippen molar-refractivity contribution in [3.8, 4) is 0 Å². The van der Waals surface area contributed by atoms with Crippen molar-refractivity contribution in [3.63, 3.8) is 0 Å². The van der Waals surface area contributed by atoms with Gasteiger partial charge in [0.2, 0.25) is 6.29 Å². The molecule has 0 aliphatic carbocycles. The van der Waals surface area contributed by atoms with Crippen LogP contribution in [-0.4, -0.2) is 42.7 Å². The van der Waals surface area contributed by atoms with Crippen LogP contribution in [0.3, 0.4) is 0 Å². The van der Waals surface area contributed by atoms with E-state index >= 15 is 0 Å². The van der Waals surface area contributed by atoms with E-state index in [0.717, 1.165) is 44.6 Å². The number of ether oxygens (including phenoxy) is 3. The maximum absolute atomic E-state index is 10.7. The molecule has 6 heteroatoms. The molecule has 0 bridgehead atoms. The molecule has 124 valence electrons. The van der Waals surface area contributed by atoms with E-state index in [-0.39, 0.29) is 18.0 Å². The number of carboxylic acids is 1. The van der Waals surface area contributed by atoms with E-state index in [9.17, 15) is 9.59 Å². The van der Waals surface area contributed by atoms with Gasteiger partial charge in [0.25, 0.3) is 0 Å². The van der Waals surface area contributed by atoms with Crippen LogP contribution in [0, 0.1) is 0 Å². The minimum Gasteiger partial charge on any atom is -0.478 e. The number of rotatable bonds is 4. The Morgan fingerprint density at radius 1 is 1.09 bits per heavy atom. The van der Waals surface area contributed by atoms with E-state index in [1.165, 1.54) is 0 Å². The van der Waals surface area contributed by atoms with Crippen LogP contribution in [0.25, 0.3) is 0 Å². The predicted octanol–water partition coefficient (Wildman–Crippen LogP) is 2.44. The van der Waals surface area contributed by atoms with Crippen molar-refractivity contribution in [3.05, 3.63) is 24.8 Å². The molecule has 2 atom stereocenters. The summed E-state index contributed by atoms with van der Waals surface area (Å²) >= 11 is 0. The Labute approximate surface area is 130 Å². The fourth-order valence-corrected chi connectivity index (χ4v) is 2.14. The number of esters is 1. The van der Waals surface area contributed by atoms with Gasteiger partial charge in [-0.25, -0.2) is 9.59 Å². The third kappa shape index (κ3) is 6.87. The first-order chi connectivity index (χ1) is 10.5. The lowest BCUT2D eigenvalue weighted by atomic mass is 10.0. The molecule has 2 heterocycles. The summed E-state index contributed by atoms with van der Waals surface area (Å²) in [6.45, 7) is 8.10. The van der Waals surface area contributed by atoms with Crippen LogP contribution >= 0.6 is 0 Å². The second kappa shape index (κ2) is 10.1. The summed E-state index contributed by atoms with van der Waals surface area (Å²) in [4.78, 5) is 21.1. The zero-order valence-corrected chi connectivity index (χ0v) is 12.8. The first-order valence-electron chi connectivity index (χ1n) is 7.53. The average Bonchev–Trinajstić information content (AvgIpc) is 2.56. The van der Waals surface area contributed by atoms with Crippen LogP contribution in [0.2, 0.25) is 0 Å². The predicted molar refractivity (Wildman–Crippen MR) is 80.2 cm³/mol. The van der Waals surface area contributed by atoms with Crippen LogP contribution in [0.4, 0.5) is 0 Å². The Hall–Kier alpha value is -1.66. The van der Waals surface area contributed by atoms with Crippen molar-refractivity contribution in [2.24, 2.45) is 0 Å². The van der Waals surface area contributed by atoms with E-state index in [0.29, 0.717) is 13.2 Å². The van der Waals surface area contributed by atoms with Crippen molar-refractivity contribution in [2.45, 2.75) is 50.9 Å². The number of carbonyl (C=O) groups excluding carboxylic acids is 1. The Morgan fingerprint density at radius 3 is 2.18 bits per heavy atom. The molecule has 0 aromatic rings. The van der Waals surface area contributed by atoms with E-state index in [2.05, 4.69) is 13.2 Å². The lowest BCUT2D eigenvalue weighted by Gasteiger charge is -2.22. The van der Waals surface area contributed by atoms with Crippen LogP contribution in [0.1, 0.15) is 38.5 Å². The van der Waals surface area contributed by atoms with Gasteiger partial charge >= 0.3 is 11.9 Å². The molecule has 22 heavy (non-hydrogen) atoms. The number of carboxylic acid groups (broad SMARTS) is 1. The highest BCUT2D eigenvalue weighted by molar-refractivity contribution is 5.86. The first kappa shape index (κ1) is 18.4. The van der Waals surface area contributed by atoms with Gasteiger partial charge in [-0.2, -0.15) is 0 Å². The van der Waals surface area contributed by atoms with Gasteiger partial charge in [-0.05, 0) is 32.1 Å². The molecule has 0 saturated carbocycles. The largest absolute Gasteiger partial charge is 0.478 e. The van der Waals surface area contributed by atoms with Gasteiger partial charge in [0.05, 0.1) is 18.3 Å². The smallest absolute Gasteiger partial charge is 0.333 e. The molecule has 2 aliphatic heterocycles. The molecule has 2 aliphatic rings.